The quantitative estimate of drug-likeness (QED) is 0.478. The number of furan rings is 1. The lowest BCUT2D eigenvalue weighted by Gasteiger charge is -2.03. The van der Waals surface area contributed by atoms with E-state index in [1.165, 1.54) is 26.7 Å². The topological polar surface area (TPSA) is 48.7 Å². The maximum Gasteiger partial charge on any atom is 0.344 e. The first-order chi connectivity index (χ1) is 10.3. The maximum absolute atomic E-state index is 11.8. The molecule has 0 atom stereocenters. The molecule has 1 aromatic heterocycles. The summed E-state index contributed by atoms with van der Waals surface area (Å²) in [6.45, 7) is 0. The Balaban J connectivity index is 2.32. The Hall–Kier alpha value is -2.75. The van der Waals surface area contributed by atoms with E-state index in [4.69, 9.17) is 13.9 Å². The average Bonchev–Trinajstić information content (AvgIpc) is 2.99. The van der Waals surface area contributed by atoms with Gasteiger partial charge in [-0.2, -0.15) is 0 Å². The van der Waals surface area contributed by atoms with E-state index < -0.39 is 5.97 Å². The van der Waals surface area contributed by atoms with E-state index in [-0.39, 0.29) is 5.57 Å². The zero-order chi connectivity index (χ0) is 15.1. The zero-order valence-corrected chi connectivity index (χ0v) is 11.9. The number of hydrogen-bond donors (Lipinski definition) is 0. The molecule has 2 rings (SSSR count). The molecule has 0 aliphatic heterocycles. The molecule has 0 unspecified atom stereocenters. The summed E-state index contributed by atoms with van der Waals surface area (Å²) in [5, 5.41) is 0. The second-order valence-corrected chi connectivity index (χ2v) is 4.21. The summed E-state index contributed by atoms with van der Waals surface area (Å²) in [4.78, 5) is 11.8. The van der Waals surface area contributed by atoms with E-state index in [0.29, 0.717) is 5.76 Å². The van der Waals surface area contributed by atoms with Crippen LogP contribution in [0.4, 0.5) is 0 Å². The van der Waals surface area contributed by atoms with Gasteiger partial charge in [0.25, 0.3) is 0 Å². The molecule has 0 amide bonds. The Morgan fingerprint density at radius 1 is 1.10 bits per heavy atom. The lowest BCUT2D eigenvalue weighted by atomic mass is 10.1. The third-order valence-electron chi connectivity index (χ3n) is 2.84. The zero-order valence-electron chi connectivity index (χ0n) is 11.9. The van der Waals surface area contributed by atoms with Crippen LogP contribution in [-0.4, -0.2) is 20.2 Å². The molecular weight excluding hydrogens is 268 g/mol. The highest BCUT2D eigenvalue weighted by molar-refractivity contribution is 6.16. The summed E-state index contributed by atoms with van der Waals surface area (Å²) in [5.74, 6) is -0.1000. The summed E-state index contributed by atoms with van der Waals surface area (Å²) >= 11 is 0. The molecule has 0 aliphatic rings. The van der Waals surface area contributed by atoms with Crippen molar-refractivity contribution < 1.29 is 18.7 Å². The van der Waals surface area contributed by atoms with Gasteiger partial charge in [-0.15, -0.1) is 0 Å². The fraction of sp³-hybridized carbons (Fsp3) is 0.118. The van der Waals surface area contributed by atoms with Crippen molar-refractivity contribution in [3.8, 4) is 0 Å². The highest BCUT2D eigenvalue weighted by atomic mass is 16.5. The van der Waals surface area contributed by atoms with Gasteiger partial charge in [0.15, 0.2) is 5.76 Å². The molecule has 1 heterocycles. The number of hydrogen-bond acceptors (Lipinski definition) is 4. The molecule has 0 saturated carbocycles. The standard InChI is InChI=1S/C17H16O4/c1-19-12-15(17(18)20-2)16-14(10-11-21-16)9-8-13-6-4-3-5-7-13/h3-12H,1-2H3. The van der Waals surface area contributed by atoms with E-state index >= 15 is 0 Å². The first-order valence-corrected chi connectivity index (χ1v) is 6.38. The first kappa shape index (κ1) is 14.7. The van der Waals surface area contributed by atoms with Crippen molar-refractivity contribution in [3.63, 3.8) is 0 Å². The lowest BCUT2D eigenvalue weighted by Crippen LogP contribution is -2.04. The molecule has 0 fully saturated rings. The van der Waals surface area contributed by atoms with Gasteiger partial charge in [0.2, 0.25) is 0 Å². The Morgan fingerprint density at radius 2 is 1.86 bits per heavy atom. The van der Waals surface area contributed by atoms with Crippen LogP contribution in [0.2, 0.25) is 0 Å². The van der Waals surface area contributed by atoms with Crippen LogP contribution in [0, 0.1) is 0 Å². The average molecular weight is 284 g/mol. The molecule has 2 aromatic rings. The molecule has 0 bridgehead atoms. The largest absolute Gasteiger partial charge is 0.503 e. The summed E-state index contributed by atoms with van der Waals surface area (Å²) in [6.07, 6.45) is 6.65. The maximum atomic E-state index is 11.8. The normalized spacial score (nSPS) is 11.6. The number of esters is 1. The molecule has 4 nitrogen and oxygen atoms in total. The molecule has 4 heteroatoms. The minimum Gasteiger partial charge on any atom is -0.503 e. The number of carbonyl (C=O) groups excluding carboxylic acids is 1. The van der Waals surface area contributed by atoms with E-state index in [1.807, 2.05) is 42.5 Å². The Morgan fingerprint density at radius 3 is 2.52 bits per heavy atom. The van der Waals surface area contributed by atoms with Crippen LogP contribution in [-0.2, 0) is 14.3 Å². The van der Waals surface area contributed by atoms with Crippen LogP contribution < -0.4 is 0 Å². The van der Waals surface area contributed by atoms with Gasteiger partial charge in [-0.05, 0) is 11.6 Å². The summed E-state index contributed by atoms with van der Waals surface area (Å²) in [5.41, 5.74) is 2.06. The second kappa shape index (κ2) is 7.14. The first-order valence-electron chi connectivity index (χ1n) is 6.38. The van der Waals surface area contributed by atoms with E-state index in [9.17, 15) is 4.79 Å². The Kier molecular flexibility index (Phi) is 4.99. The molecule has 0 N–H and O–H groups in total. The number of carbonyl (C=O) groups is 1. The van der Waals surface area contributed by atoms with Crippen molar-refractivity contribution in [2.75, 3.05) is 14.2 Å². The smallest absolute Gasteiger partial charge is 0.344 e. The number of methoxy groups -OCH3 is 2. The van der Waals surface area contributed by atoms with Crippen LogP contribution in [0.25, 0.3) is 17.7 Å². The Bertz CT molecular complexity index is 650. The Labute approximate surface area is 123 Å². The van der Waals surface area contributed by atoms with E-state index in [2.05, 4.69) is 0 Å². The number of ether oxygens (including phenoxy) is 2. The number of rotatable bonds is 5. The highest BCUT2D eigenvalue weighted by Crippen LogP contribution is 2.24. The summed E-state index contributed by atoms with van der Waals surface area (Å²) < 4.78 is 15.0. The van der Waals surface area contributed by atoms with Crippen molar-refractivity contribution in [3.05, 3.63) is 65.8 Å². The van der Waals surface area contributed by atoms with Gasteiger partial charge < -0.3 is 13.9 Å². The van der Waals surface area contributed by atoms with E-state index in [1.54, 1.807) is 6.07 Å². The predicted octanol–water partition coefficient (Wildman–Crippen LogP) is 3.61. The minimum absolute atomic E-state index is 0.234. The minimum atomic E-state index is -0.513. The fourth-order valence-electron chi connectivity index (χ4n) is 1.84. The van der Waals surface area contributed by atoms with Crippen LogP contribution in [0.1, 0.15) is 16.9 Å². The third-order valence-corrected chi connectivity index (χ3v) is 2.84. The van der Waals surface area contributed by atoms with Crippen LogP contribution >= 0.6 is 0 Å². The van der Waals surface area contributed by atoms with Crippen LogP contribution in [0.5, 0.6) is 0 Å². The third kappa shape index (κ3) is 3.63. The monoisotopic (exact) mass is 284 g/mol. The van der Waals surface area contributed by atoms with Gasteiger partial charge >= 0.3 is 5.97 Å². The lowest BCUT2D eigenvalue weighted by molar-refractivity contribution is -0.133. The van der Waals surface area contributed by atoms with Gasteiger partial charge in [0.05, 0.1) is 20.5 Å². The predicted molar refractivity (Wildman–Crippen MR) is 81.1 cm³/mol. The summed E-state index contributed by atoms with van der Waals surface area (Å²) in [6, 6.07) is 11.6. The SMILES string of the molecule is COC=C(C(=O)OC)c1occc1C=Cc1ccccc1. The van der Waals surface area contributed by atoms with Crippen LogP contribution in [0.15, 0.2) is 53.3 Å². The van der Waals surface area contributed by atoms with Crippen LogP contribution in [0.3, 0.4) is 0 Å². The second-order valence-electron chi connectivity index (χ2n) is 4.21. The molecule has 1 aromatic carbocycles. The van der Waals surface area contributed by atoms with E-state index in [0.717, 1.165) is 11.1 Å². The molecule has 108 valence electrons. The van der Waals surface area contributed by atoms with Crippen molar-refractivity contribution in [2.24, 2.45) is 0 Å². The number of benzene rings is 1. The molecular formula is C17H16O4. The van der Waals surface area contributed by atoms with Gasteiger partial charge in [-0.1, -0.05) is 42.5 Å². The molecule has 0 aliphatic carbocycles. The van der Waals surface area contributed by atoms with Crippen molar-refractivity contribution in [2.45, 2.75) is 0 Å². The van der Waals surface area contributed by atoms with Gasteiger partial charge in [0, 0.05) is 5.56 Å². The van der Waals surface area contributed by atoms with Gasteiger partial charge in [-0.25, -0.2) is 4.79 Å². The summed E-state index contributed by atoms with van der Waals surface area (Å²) in [7, 11) is 2.78. The molecule has 0 saturated heterocycles. The van der Waals surface area contributed by atoms with Gasteiger partial charge in [0.1, 0.15) is 11.8 Å². The fourth-order valence-corrected chi connectivity index (χ4v) is 1.84. The van der Waals surface area contributed by atoms with Crippen molar-refractivity contribution in [1.29, 1.82) is 0 Å². The molecule has 0 spiro atoms. The highest BCUT2D eigenvalue weighted by Gasteiger charge is 2.19. The van der Waals surface area contributed by atoms with Gasteiger partial charge in [-0.3, -0.25) is 0 Å². The molecule has 21 heavy (non-hydrogen) atoms. The van der Waals surface area contributed by atoms with Crippen molar-refractivity contribution in [1.82, 2.24) is 0 Å². The molecule has 0 radical (unpaired) electrons. The van der Waals surface area contributed by atoms with Crippen molar-refractivity contribution >= 4 is 23.7 Å².